The quantitative estimate of drug-likeness (QED) is 0.672. The van der Waals surface area contributed by atoms with E-state index in [2.05, 4.69) is 4.90 Å². The minimum absolute atomic E-state index is 0.126. The first-order chi connectivity index (χ1) is 9.56. The highest BCUT2D eigenvalue weighted by atomic mass is 35.5. The maximum absolute atomic E-state index is 11.2. The lowest BCUT2D eigenvalue weighted by atomic mass is 9.78. The second-order valence-corrected chi connectivity index (χ2v) is 6.25. The van der Waals surface area contributed by atoms with Gasteiger partial charge in [-0.05, 0) is 36.8 Å². The van der Waals surface area contributed by atoms with Crippen molar-refractivity contribution in [2.75, 3.05) is 18.0 Å². The Labute approximate surface area is 122 Å². The highest BCUT2D eigenvalue weighted by molar-refractivity contribution is 6.31. The van der Waals surface area contributed by atoms with E-state index >= 15 is 0 Å². The Morgan fingerprint density at radius 3 is 2.85 bits per heavy atom. The minimum atomic E-state index is -0.340. The molecule has 0 spiro atoms. The van der Waals surface area contributed by atoms with Crippen LogP contribution >= 0.6 is 11.6 Å². The molecule has 1 aliphatic carbocycles. The van der Waals surface area contributed by atoms with E-state index < -0.39 is 0 Å². The predicted octanol–water partition coefficient (Wildman–Crippen LogP) is 2.81. The molecule has 1 aromatic rings. The van der Waals surface area contributed by atoms with Crippen LogP contribution < -0.4 is 10.6 Å². The highest BCUT2D eigenvalue weighted by Crippen LogP contribution is 2.40. The Morgan fingerprint density at radius 1 is 1.35 bits per heavy atom. The molecule has 5 nitrogen and oxygen atoms in total. The molecule has 0 radical (unpaired) electrons. The molecule has 1 saturated heterocycles. The Morgan fingerprint density at radius 2 is 2.15 bits per heavy atom. The van der Waals surface area contributed by atoms with Gasteiger partial charge < -0.3 is 10.6 Å². The number of halogens is 1. The number of nitrogens with two attached hydrogens (primary N) is 1. The number of nitrogens with zero attached hydrogens (tertiary/aromatic N) is 2. The molecule has 0 aromatic heterocycles. The highest BCUT2D eigenvalue weighted by Gasteiger charge is 2.40. The fourth-order valence-electron chi connectivity index (χ4n) is 3.62. The second kappa shape index (κ2) is 5.22. The van der Waals surface area contributed by atoms with E-state index in [9.17, 15) is 10.1 Å². The molecule has 1 aromatic carbocycles. The van der Waals surface area contributed by atoms with Crippen molar-refractivity contribution in [2.45, 2.75) is 25.3 Å². The lowest BCUT2D eigenvalue weighted by Crippen LogP contribution is -2.38. The molecule has 3 atom stereocenters. The molecular weight excluding hydrogens is 278 g/mol. The molecule has 6 heteroatoms. The monoisotopic (exact) mass is 295 g/mol. The number of rotatable bonds is 2. The van der Waals surface area contributed by atoms with Gasteiger partial charge in [-0.25, -0.2) is 0 Å². The SMILES string of the molecule is NC1CCCC2CN(c3cc(Cl)ccc3[N+](=O)[O-])CC12. The summed E-state index contributed by atoms with van der Waals surface area (Å²) in [6.07, 6.45) is 3.39. The summed E-state index contributed by atoms with van der Waals surface area (Å²) in [4.78, 5) is 12.9. The number of hydrogen-bond acceptors (Lipinski definition) is 4. The maximum atomic E-state index is 11.2. The molecule has 3 rings (SSSR count). The molecule has 1 heterocycles. The fraction of sp³-hybridized carbons (Fsp3) is 0.571. The van der Waals surface area contributed by atoms with Gasteiger partial charge in [-0.3, -0.25) is 10.1 Å². The van der Waals surface area contributed by atoms with E-state index in [1.807, 2.05) is 0 Å². The van der Waals surface area contributed by atoms with Crippen molar-refractivity contribution in [2.24, 2.45) is 17.6 Å². The molecule has 2 aliphatic rings. The van der Waals surface area contributed by atoms with E-state index in [0.717, 1.165) is 25.9 Å². The van der Waals surface area contributed by atoms with Crippen LogP contribution in [0.1, 0.15) is 19.3 Å². The van der Waals surface area contributed by atoms with E-state index in [0.29, 0.717) is 22.5 Å². The van der Waals surface area contributed by atoms with E-state index in [1.54, 1.807) is 12.1 Å². The first-order valence-corrected chi connectivity index (χ1v) is 7.38. The molecule has 1 saturated carbocycles. The summed E-state index contributed by atoms with van der Waals surface area (Å²) < 4.78 is 0. The lowest BCUT2D eigenvalue weighted by molar-refractivity contribution is -0.384. The molecule has 3 unspecified atom stereocenters. The van der Waals surface area contributed by atoms with Crippen molar-refractivity contribution in [1.82, 2.24) is 0 Å². The third-order valence-electron chi connectivity index (χ3n) is 4.63. The van der Waals surface area contributed by atoms with Crippen LogP contribution in [0, 0.1) is 22.0 Å². The Balaban J connectivity index is 1.90. The first-order valence-electron chi connectivity index (χ1n) is 7.00. The van der Waals surface area contributed by atoms with Gasteiger partial charge in [0.05, 0.1) is 4.92 Å². The number of benzene rings is 1. The molecular formula is C14H18ClN3O2. The van der Waals surface area contributed by atoms with Crippen LogP contribution in [-0.4, -0.2) is 24.1 Å². The van der Waals surface area contributed by atoms with Crippen LogP contribution in [0.2, 0.25) is 5.02 Å². The molecule has 1 aliphatic heterocycles. The van der Waals surface area contributed by atoms with Crippen LogP contribution in [0.15, 0.2) is 18.2 Å². The van der Waals surface area contributed by atoms with Crippen LogP contribution in [0.5, 0.6) is 0 Å². The molecule has 2 N–H and O–H groups in total. The van der Waals surface area contributed by atoms with Crippen LogP contribution in [0.4, 0.5) is 11.4 Å². The zero-order valence-corrected chi connectivity index (χ0v) is 11.9. The lowest BCUT2D eigenvalue weighted by Gasteiger charge is -2.29. The molecule has 0 amide bonds. The molecule has 2 fully saturated rings. The second-order valence-electron chi connectivity index (χ2n) is 5.81. The Bertz CT molecular complexity index is 537. The minimum Gasteiger partial charge on any atom is -0.365 e. The summed E-state index contributed by atoms with van der Waals surface area (Å²) in [5.74, 6) is 1.000. The van der Waals surface area contributed by atoms with Crippen molar-refractivity contribution in [3.8, 4) is 0 Å². The van der Waals surface area contributed by atoms with Crippen LogP contribution in [0.3, 0.4) is 0 Å². The van der Waals surface area contributed by atoms with Gasteiger partial charge in [0.1, 0.15) is 5.69 Å². The summed E-state index contributed by atoms with van der Waals surface area (Å²) in [6.45, 7) is 1.65. The van der Waals surface area contributed by atoms with Gasteiger partial charge in [0.2, 0.25) is 0 Å². The van der Waals surface area contributed by atoms with Crippen molar-refractivity contribution in [3.05, 3.63) is 33.3 Å². The van der Waals surface area contributed by atoms with Crippen molar-refractivity contribution in [1.29, 1.82) is 0 Å². The summed E-state index contributed by atoms with van der Waals surface area (Å²) >= 11 is 6.01. The number of hydrogen-bond donors (Lipinski definition) is 1. The predicted molar refractivity (Wildman–Crippen MR) is 79.1 cm³/mol. The third-order valence-corrected chi connectivity index (χ3v) is 4.86. The fourth-order valence-corrected chi connectivity index (χ4v) is 3.78. The zero-order valence-electron chi connectivity index (χ0n) is 11.2. The van der Waals surface area contributed by atoms with Gasteiger partial charge in [-0.2, -0.15) is 0 Å². The molecule has 20 heavy (non-hydrogen) atoms. The van der Waals surface area contributed by atoms with Gasteiger partial charge in [0, 0.05) is 30.2 Å². The normalized spacial score (nSPS) is 29.3. The standard InChI is InChI=1S/C14H18ClN3O2/c15-10-4-5-13(18(19)20)14(6-10)17-7-9-2-1-3-12(16)11(9)8-17/h4-6,9,11-12H,1-3,7-8,16H2. The first kappa shape index (κ1) is 13.6. The number of nitro groups is 1. The van der Waals surface area contributed by atoms with E-state index in [-0.39, 0.29) is 16.7 Å². The summed E-state index contributed by atoms with van der Waals surface area (Å²) in [6, 6.07) is 4.97. The number of fused-ring (bicyclic) bond motifs is 1. The van der Waals surface area contributed by atoms with Crippen molar-refractivity contribution in [3.63, 3.8) is 0 Å². The van der Waals surface area contributed by atoms with Crippen LogP contribution in [0.25, 0.3) is 0 Å². The maximum Gasteiger partial charge on any atom is 0.292 e. The Hall–Kier alpha value is -1.33. The summed E-state index contributed by atoms with van der Waals surface area (Å²) in [5.41, 5.74) is 6.96. The van der Waals surface area contributed by atoms with Gasteiger partial charge in [0.25, 0.3) is 5.69 Å². The number of nitro benzene ring substituents is 1. The summed E-state index contributed by atoms with van der Waals surface area (Å²) in [7, 11) is 0. The van der Waals surface area contributed by atoms with E-state index in [4.69, 9.17) is 17.3 Å². The smallest absolute Gasteiger partial charge is 0.292 e. The van der Waals surface area contributed by atoms with Gasteiger partial charge in [-0.1, -0.05) is 18.0 Å². The average molecular weight is 296 g/mol. The largest absolute Gasteiger partial charge is 0.365 e. The topological polar surface area (TPSA) is 72.4 Å². The molecule has 0 bridgehead atoms. The van der Waals surface area contributed by atoms with Crippen molar-refractivity contribution >= 4 is 23.0 Å². The van der Waals surface area contributed by atoms with Gasteiger partial charge >= 0.3 is 0 Å². The Kier molecular flexibility index (Phi) is 3.56. The average Bonchev–Trinajstić information content (AvgIpc) is 2.83. The van der Waals surface area contributed by atoms with Crippen molar-refractivity contribution < 1.29 is 4.92 Å². The van der Waals surface area contributed by atoms with Gasteiger partial charge in [0.15, 0.2) is 0 Å². The molecule has 108 valence electrons. The zero-order chi connectivity index (χ0) is 14.3. The van der Waals surface area contributed by atoms with E-state index in [1.165, 1.54) is 12.5 Å². The van der Waals surface area contributed by atoms with Gasteiger partial charge in [-0.15, -0.1) is 0 Å². The summed E-state index contributed by atoms with van der Waals surface area (Å²) in [5, 5.41) is 11.7. The third kappa shape index (κ3) is 2.36. The van der Waals surface area contributed by atoms with Crippen LogP contribution in [-0.2, 0) is 0 Å². The number of anilines is 1.